The number of aliphatic carboxylic acids is 1. The van der Waals surface area contributed by atoms with Gasteiger partial charge in [0.25, 0.3) is 0 Å². The zero-order valence-electron chi connectivity index (χ0n) is 11.0. The molecular weight excluding hydrogens is 206 g/mol. The molecule has 0 fully saturated rings. The normalized spacial score (nSPS) is 12.1. The van der Waals surface area contributed by atoms with E-state index in [1.54, 1.807) is 13.8 Å². The van der Waals surface area contributed by atoms with Crippen molar-refractivity contribution in [1.29, 1.82) is 0 Å². The second kappa shape index (κ2) is 7.63. The van der Waals surface area contributed by atoms with Crippen LogP contribution in [0.2, 0.25) is 0 Å². The highest BCUT2D eigenvalue weighted by Crippen LogP contribution is 2.20. The zero-order chi connectivity index (χ0) is 12.6. The van der Waals surface area contributed by atoms with Gasteiger partial charge in [0.05, 0.1) is 12.0 Å². The number of carboxylic acid groups (broad SMARTS) is 1. The minimum atomic E-state index is -0.728. The summed E-state index contributed by atoms with van der Waals surface area (Å²) in [5.74, 6) is -0.728. The molecule has 0 rings (SSSR count). The van der Waals surface area contributed by atoms with Crippen LogP contribution in [0.15, 0.2) is 0 Å². The Hall–Kier alpha value is -0.610. The molecule has 0 spiro atoms. The predicted molar refractivity (Wildman–Crippen MR) is 64.6 cm³/mol. The molecule has 0 unspecified atom stereocenters. The molecule has 16 heavy (non-hydrogen) atoms. The first-order valence-corrected chi connectivity index (χ1v) is 5.97. The number of nitrogens with zero attached hydrogens (tertiary/aromatic N) is 1. The molecule has 1 N–H and O–H groups in total. The Bertz CT molecular complexity index is 204. The summed E-state index contributed by atoms with van der Waals surface area (Å²) in [5.41, 5.74) is -0.640. The molecule has 0 saturated heterocycles. The third kappa shape index (κ3) is 6.08. The van der Waals surface area contributed by atoms with Gasteiger partial charge in [-0.3, -0.25) is 4.79 Å². The Kier molecular flexibility index (Phi) is 7.34. The number of carboxylic acids is 1. The molecule has 0 aromatic heterocycles. The van der Waals surface area contributed by atoms with E-state index in [-0.39, 0.29) is 0 Å². The zero-order valence-corrected chi connectivity index (χ0v) is 11.0. The lowest BCUT2D eigenvalue weighted by molar-refractivity contribution is -0.147. The number of hydrogen-bond acceptors (Lipinski definition) is 3. The second-order valence-electron chi connectivity index (χ2n) is 4.57. The van der Waals surface area contributed by atoms with Gasteiger partial charge < -0.3 is 14.7 Å². The molecule has 0 heterocycles. The summed E-state index contributed by atoms with van der Waals surface area (Å²) >= 11 is 0. The smallest absolute Gasteiger partial charge is 0.309 e. The van der Waals surface area contributed by atoms with E-state index in [4.69, 9.17) is 9.84 Å². The van der Waals surface area contributed by atoms with Gasteiger partial charge in [0.15, 0.2) is 0 Å². The molecule has 0 bridgehead atoms. The first-order chi connectivity index (χ1) is 7.44. The van der Waals surface area contributed by atoms with Crippen LogP contribution in [0.3, 0.4) is 0 Å². The van der Waals surface area contributed by atoms with Crippen LogP contribution in [-0.4, -0.2) is 48.8 Å². The quantitative estimate of drug-likeness (QED) is 0.615. The van der Waals surface area contributed by atoms with Gasteiger partial charge >= 0.3 is 5.97 Å². The fraction of sp³-hybridized carbons (Fsp3) is 0.917. The van der Waals surface area contributed by atoms with Crippen molar-refractivity contribution >= 4 is 5.97 Å². The standard InChI is InChI=1S/C12H25NO3/c1-5-13(9-10-16-6-2)8-7-12(3,4)11(14)15/h5-10H2,1-4H3,(H,14,15). The molecule has 0 amide bonds. The molecule has 4 nitrogen and oxygen atoms in total. The van der Waals surface area contributed by atoms with Crippen molar-refractivity contribution in [3.8, 4) is 0 Å². The molecule has 96 valence electrons. The average Bonchev–Trinajstić information content (AvgIpc) is 2.23. The summed E-state index contributed by atoms with van der Waals surface area (Å²) in [6, 6.07) is 0. The SMILES string of the molecule is CCOCCN(CC)CCC(C)(C)C(=O)O. The van der Waals surface area contributed by atoms with Crippen molar-refractivity contribution < 1.29 is 14.6 Å². The molecule has 0 aliphatic carbocycles. The number of carbonyl (C=O) groups is 1. The summed E-state index contributed by atoms with van der Waals surface area (Å²) < 4.78 is 5.29. The topological polar surface area (TPSA) is 49.8 Å². The maximum atomic E-state index is 10.9. The van der Waals surface area contributed by atoms with Crippen LogP contribution in [0.1, 0.15) is 34.1 Å². The highest BCUT2D eigenvalue weighted by Gasteiger charge is 2.27. The monoisotopic (exact) mass is 231 g/mol. The van der Waals surface area contributed by atoms with Crippen molar-refractivity contribution in [2.75, 3.05) is 32.8 Å². The van der Waals surface area contributed by atoms with Crippen LogP contribution < -0.4 is 0 Å². The van der Waals surface area contributed by atoms with E-state index in [1.807, 2.05) is 6.92 Å². The summed E-state index contributed by atoms with van der Waals surface area (Å²) in [4.78, 5) is 13.2. The minimum Gasteiger partial charge on any atom is -0.481 e. The first kappa shape index (κ1) is 15.4. The minimum absolute atomic E-state index is 0.640. The highest BCUT2D eigenvalue weighted by atomic mass is 16.5. The van der Waals surface area contributed by atoms with Crippen LogP contribution in [0, 0.1) is 5.41 Å². The van der Waals surface area contributed by atoms with Crippen molar-refractivity contribution in [3.63, 3.8) is 0 Å². The van der Waals surface area contributed by atoms with Crippen molar-refractivity contribution in [1.82, 2.24) is 4.90 Å². The van der Waals surface area contributed by atoms with E-state index >= 15 is 0 Å². The third-order valence-corrected chi connectivity index (χ3v) is 2.84. The largest absolute Gasteiger partial charge is 0.481 e. The van der Waals surface area contributed by atoms with E-state index in [0.717, 1.165) is 32.8 Å². The number of hydrogen-bond donors (Lipinski definition) is 1. The summed E-state index contributed by atoms with van der Waals surface area (Å²) in [7, 11) is 0. The Morgan fingerprint density at radius 2 is 1.94 bits per heavy atom. The lowest BCUT2D eigenvalue weighted by Gasteiger charge is -2.25. The maximum Gasteiger partial charge on any atom is 0.309 e. The molecule has 0 saturated carbocycles. The van der Waals surface area contributed by atoms with E-state index < -0.39 is 11.4 Å². The summed E-state index contributed by atoms with van der Waals surface area (Å²) in [6.45, 7) is 11.7. The Labute approximate surface area is 98.6 Å². The van der Waals surface area contributed by atoms with Crippen molar-refractivity contribution in [3.05, 3.63) is 0 Å². The van der Waals surface area contributed by atoms with Crippen LogP contribution in [0.5, 0.6) is 0 Å². The summed E-state index contributed by atoms with van der Waals surface area (Å²) in [6.07, 6.45) is 0.669. The van der Waals surface area contributed by atoms with Crippen molar-refractivity contribution in [2.45, 2.75) is 34.1 Å². The fourth-order valence-corrected chi connectivity index (χ4v) is 1.31. The maximum absolute atomic E-state index is 10.9. The van der Waals surface area contributed by atoms with E-state index in [2.05, 4.69) is 11.8 Å². The van der Waals surface area contributed by atoms with Gasteiger partial charge in [-0.2, -0.15) is 0 Å². The molecule has 0 radical (unpaired) electrons. The molecule has 4 heteroatoms. The van der Waals surface area contributed by atoms with Gasteiger partial charge in [0.1, 0.15) is 0 Å². The van der Waals surface area contributed by atoms with Crippen molar-refractivity contribution in [2.24, 2.45) is 5.41 Å². The van der Waals surface area contributed by atoms with Gasteiger partial charge in [-0.1, -0.05) is 6.92 Å². The Morgan fingerprint density at radius 3 is 2.38 bits per heavy atom. The third-order valence-electron chi connectivity index (χ3n) is 2.84. The van der Waals surface area contributed by atoms with Crippen LogP contribution in [-0.2, 0) is 9.53 Å². The van der Waals surface area contributed by atoms with Gasteiger partial charge in [0, 0.05) is 13.2 Å². The van der Waals surface area contributed by atoms with Gasteiger partial charge in [-0.15, -0.1) is 0 Å². The van der Waals surface area contributed by atoms with Gasteiger partial charge in [0.2, 0.25) is 0 Å². The van der Waals surface area contributed by atoms with Gasteiger partial charge in [-0.25, -0.2) is 0 Å². The average molecular weight is 231 g/mol. The molecule has 0 aliphatic rings. The highest BCUT2D eigenvalue weighted by molar-refractivity contribution is 5.73. The molecular formula is C12H25NO3. The number of ether oxygens (including phenoxy) is 1. The number of rotatable bonds is 9. The lowest BCUT2D eigenvalue weighted by Crippen LogP contribution is -2.34. The van der Waals surface area contributed by atoms with Crippen LogP contribution in [0.25, 0.3) is 0 Å². The van der Waals surface area contributed by atoms with E-state index in [9.17, 15) is 4.79 Å². The Balaban J connectivity index is 3.90. The van der Waals surface area contributed by atoms with E-state index in [1.165, 1.54) is 0 Å². The molecule has 0 aliphatic heterocycles. The van der Waals surface area contributed by atoms with E-state index in [0.29, 0.717) is 6.42 Å². The first-order valence-electron chi connectivity index (χ1n) is 5.97. The van der Waals surface area contributed by atoms with Crippen LogP contribution >= 0.6 is 0 Å². The summed E-state index contributed by atoms with van der Waals surface area (Å²) in [5, 5.41) is 9.00. The molecule has 0 aromatic carbocycles. The number of likely N-dealkylation sites (N-methyl/N-ethyl adjacent to an activating group) is 1. The second-order valence-corrected chi connectivity index (χ2v) is 4.57. The van der Waals surface area contributed by atoms with Crippen LogP contribution in [0.4, 0.5) is 0 Å². The molecule has 0 aromatic rings. The fourth-order valence-electron chi connectivity index (χ4n) is 1.31. The van der Waals surface area contributed by atoms with Gasteiger partial charge in [-0.05, 0) is 40.3 Å². The lowest BCUT2D eigenvalue weighted by atomic mass is 9.89. The molecule has 0 atom stereocenters. The Morgan fingerprint density at radius 1 is 1.31 bits per heavy atom. The predicted octanol–water partition coefficient (Wildman–Crippen LogP) is 1.85.